The number of rotatable bonds is 10. The lowest BCUT2D eigenvalue weighted by Crippen LogP contribution is -2.47. The second-order valence-electron chi connectivity index (χ2n) is 8.18. The molecule has 1 N–H and O–H groups in total. The maximum absolute atomic E-state index is 13.5. The van der Waals surface area contributed by atoms with Crippen molar-refractivity contribution >= 4 is 33.4 Å². The average molecular weight is 514 g/mol. The van der Waals surface area contributed by atoms with E-state index < -0.39 is 22.0 Å². The Hall–Kier alpha value is -3.20. The standard InChI is InChI=1S/C26H28ClN3O4S/c1-29(35(2,33)34)19-24(31)30(18-21-9-5-3-6-10-21)25(22-11-7-4-8-12-22)26(32)28-17-20-13-15-23(27)16-14-20/h3-16,25H,17-19H2,1-2H3,(H,28,32)/t25-/m1/s1. The zero-order valence-corrected chi connectivity index (χ0v) is 21.2. The fourth-order valence-electron chi connectivity index (χ4n) is 3.50. The molecule has 1 atom stereocenters. The molecule has 0 aromatic heterocycles. The third-order valence-corrected chi connectivity index (χ3v) is 7.01. The summed E-state index contributed by atoms with van der Waals surface area (Å²) in [6, 6.07) is 24.4. The molecule has 0 aliphatic carbocycles. The van der Waals surface area contributed by atoms with E-state index in [0.29, 0.717) is 10.6 Å². The summed E-state index contributed by atoms with van der Waals surface area (Å²) in [4.78, 5) is 28.4. The number of halogens is 1. The van der Waals surface area contributed by atoms with Crippen LogP contribution in [0.3, 0.4) is 0 Å². The van der Waals surface area contributed by atoms with E-state index >= 15 is 0 Å². The number of carbonyl (C=O) groups is 2. The monoisotopic (exact) mass is 513 g/mol. The Morgan fingerprint density at radius 1 is 0.886 bits per heavy atom. The minimum absolute atomic E-state index is 0.130. The van der Waals surface area contributed by atoms with Gasteiger partial charge in [0.15, 0.2) is 0 Å². The molecule has 9 heteroatoms. The quantitative estimate of drug-likeness (QED) is 0.448. The highest BCUT2D eigenvalue weighted by Gasteiger charge is 2.32. The number of hydrogen-bond acceptors (Lipinski definition) is 4. The van der Waals surface area contributed by atoms with E-state index in [2.05, 4.69) is 5.32 Å². The molecule has 35 heavy (non-hydrogen) atoms. The SMILES string of the molecule is CN(CC(=O)N(Cc1ccccc1)[C@@H](C(=O)NCc1ccc(Cl)cc1)c1ccccc1)S(C)(=O)=O. The first-order valence-corrected chi connectivity index (χ1v) is 13.2. The largest absolute Gasteiger partial charge is 0.350 e. The first-order valence-electron chi connectivity index (χ1n) is 11.0. The first kappa shape index (κ1) is 26.4. The summed E-state index contributed by atoms with van der Waals surface area (Å²) in [5, 5.41) is 3.51. The van der Waals surface area contributed by atoms with Crippen LogP contribution in [0.1, 0.15) is 22.7 Å². The lowest BCUT2D eigenvalue weighted by atomic mass is 10.0. The number of sulfonamides is 1. The van der Waals surface area contributed by atoms with Crippen LogP contribution in [-0.4, -0.2) is 49.3 Å². The van der Waals surface area contributed by atoms with Crippen LogP contribution in [0.2, 0.25) is 5.02 Å². The molecule has 7 nitrogen and oxygen atoms in total. The van der Waals surface area contributed by atoms with Crippen LogP contribution in [0.15, 0.2) is 84.9 Å². The molecule has 0 heterocycles. The van der Waals surface area contributed by atoms with Crippen molar-refractivity contribution in [2.75, 3.05) is 19.8 Å². The summed E-state index contributed by atoms with van der Waals surface area (Å²) in [6.45, 7) is -0.0133. The van der Waals surface area contributed by atoms with Gasteiger partial charge >= 0.3 is 0 Å². The van der Waals surface area contributed by atoms with Gasteiger partial charge in [0.1, 0.15) is 6.04 Å². The highest BCUT2D eigenvalue weighted by Crippen LogP contribution is 2.24. The van der Waals surface area contributed by atoms with E-state index in [4.69, 9.17) is 11.6 Å². The predicted octanol–water partition coefficient (Wildman–Crippen LogP) is 3.62. The van der Waals surface area contributed by atoms with Gasteiger partial charge in [0.05, 0.1) is 12.8 Å². The molecule has 0 aliphatic rings. The van der Waals surface area contributed by atoms with Crippen LogP contribution in [0.4, 0.5) is 0 Å². The van der Waals surface area contributed by atoms with Gasteiger partial charge in [0, 0.05) is 25.2 Å². The van der Waals surface area contributed by atoms with Crippen molar-refractivity contribution in [3.8, 4) is 0 Å². The van der Waals surface area contributed by atoms with Gasteiger partial charge < -0.3 is 10.2 Å². The first-order chi connectivity index (χ1) is 16.6. The second-order valence-corrected chi connectivity index (χ2v) is 10.7. The molecule has 0 saturated heterocycles. The van der Waals surface area contributed by atoms with Crippen LogP contribution >= 0.6 is 11.6 Å². The molecular formula is C26H28ClN3O4S. The lowest BCUT2D eigenvalue weighted by Gasteiger charge is -2.32. The summed E-state index contributed by atoms with van der Waals surface area (Å²) in [5.74, 6) is -0.866. The summed E-state index contributed by atoms with van der Waals surface area (Å²) in [7, 11) is -2.25. The maximum Gasteiger partial charge on any atom is 0.247 e. The smallest absolute Gasteiger partial charge is 0.247 e. The molecule has 0 fully saturated rings. The van der Waals surface area contributed by atoms with Crippen LogP contribution in [0.25, 0.3) is 0 Å². The summed E-state index contributed by atoms with van der Waals surface area (Å²) in [5.41, 5.74) is 2.29. The molecule has 184 valence electrons. The predicted molar refractivity (Wildman–Crippen MR) is 137 cm³/mol. The van der Waals surface area contributed by atoms with E-state index in [9.17, 15) is 18.0 Å². The number of benzene rings is 3. The molecule has 0 bridgehead atoms. The van der Waals surface area contributed by atoms with E-state index in [1.54, 1.807) is 36.4 Å². The molecule has 3 aromatic carbocycles. The van der Waals surface area contributed by atoms with Crippen molar-refractivity contribution in [3.05, 3.63) is 107 Å². The van der Waals surface area contributed by atoms with E-state index in [1.807, 2.05) is 48.5 Å². The van der Waals surface area contributed by atoms with Crippen molar-refractivity contribution < 1.29 is 18.0 Å². The Labute approximate surface area is 211 Å². The molecule has 0 radical (unpaired) electrons. The van der Waals surface area contributed by atoms with Gasteiger partial charge in [-0.25, -0.2) is 8.42 Å². The van der Waals surface area contributed by atoms with Crippen molar-refractivity contribution in [2.24, 2.45) is 0 Å². The Morgan fingerprint density at radius 2 is 1.46 bits per heavy atom. The number of nitrogens with zero attached hydrogens (tertiary/aromatic N) is 2. The Bertz CT molecular complexity index is 1240. The van der Waals surface area contributed by atoms with Gasteiger partial charge in [0.25, 0.3) is 0 Å². The van der Waals surface area contributed by atoms with E-state index in [0.717, 1.165) is 21.7 Å². The fourth-order valence-corrected chi connectivity index (χ4v) is 3.97. The topological polar surface area (TPSA) is 86.8 Å². The molecule has 2 amide bonds. The second kappa shape index (κ2) is 12.0. The normalized spacial score (nSPS) is 12.2. The van der Waals surface area contributed by atoms with Gasteiger partial charge in [-0.05, 0) is 28.8 Å². The summed E-state index contributed by atoms with van der Waals surface area (Å²) < 4.78 is 24.9. The van der Waals surface area contributed by atoms with Crippen LogP contribution in [-0.2, 0) is 32.7 Å². The number of hydrogen-bond donors (Lipinski definition) is 1. The van der Waals surface area contributed by atoms with Gasteiger partial charge in [-0.15, -0.1) is 0 Å². The molecule has 3 rings (SSSR count). The highest BCUT2D eigenvalue weighted by atomic mass is 35.5. The molecule has 0 unspecified atom stereocenters. The zero-order valence-electron chi connectivity index (χ0n) is 19.6. The van der Waals surface area contributed by atoms with Crippen LogP contribution in [0, 0.1) is 0 Å². The molecule has 0 spiro atoms. The van der Waals surface area contributed by atoms with Crippen LogP contribution < -0.4 is 5.32 Å². The molecule has 0 saturated carbocycles. The third kappa shape index (κ3) is 7.65. The molecule has 3 aromatic rings. The number of nitrogens with one attached hydrogen (secondary N) is 1. The lowest BCUT2D eigenvalue weighted by molar-refractivity contribution is -0.141. The van der Waals surface area contributed by atoms with Gasteiger partial charge in [-0.2, -0.15) is 4.31 Å². The van der Waals surface area contributed by atoms with Crippen molar-refractivity contribution in [1.29, 1.82) is 0 Å². The Morgan fingerprint density at radius 3 is 2.03 bits per heavy atom. The molecule has 0 aliphatic heterocycles. The average Bonchev–Trinajstić information content (AvgIpc) is 2.84. The Balaban J connectivity index is 1.95. The Kier molecular flexibility index (Phi) is 9.03. The van der Waals surface area contributed by atoms with Crippen molar-refractivity contribution in [3.63, 3.8) is 0 Å². The highest BCUT2D eigenvalue weighted by molar-refractivity contribution is 7.88. The van der Waals surface area contributed by atoms with Gasteiger partial charge in [-0.3, -0.25) is 9.59 Å². The van der Waals surface area contributed by atoms with E-state index in [-0.39, 0.29) is 25.5 Å². The van der Waals surface area contributed by atoms with Crippen LogP contribution in [0.5, 0.6) is 0 Å². The number of carbonyl (C=O) groups excluding carboxylic acids is 2. The minimum Gasteiger partial charge on any atom is -0.350 e. The van der Waals surface area contributed by atoms with Crippen molar-refractivity contribution in [1.82, 2.24) is 14.5 Å². The summed E-state index contributed by atoms with van der Waals surface area (Å²) in [6.07, 6.45) is 1.04. The number of amides is 2. The van der Waals surface area contributed by atoms with Gasteiger partial charge in [-0.1, -0.05) is 84.4 Å². The van der Waals surface area contributed by atoms with E-state index in [1.165, 1.54) is 11.9 Å². The zero-order chi connectivity index (χ0) is 25.4. The molecular weight excluding hydrogens is 486 g/mol. The maximum atomic E-state index is 13.5. The third-order valence-electron chi connectivity index (χ3n) is 5.50. The summed E-state index contributed by atoms with van der Waals surface area (Å²) >= 11 is 5.95. The van der Waals surface area contributed by atoms with Crippen molar-refractivity contribution in [2.45, 2.75) is 19.1 Å². The van der Waals surface area contributed by atoms with Gasteiger partial charge in [0.2, 0.25) is 21.8 Å². The number of likely N-dealkylation sites (N-methyl/N-ethyl adjacent to an activating group) is 1. The minimum atomic E-state index is -3.59. The fraction of sp³-hybridized carbons (Fsp3) is 0.231.